The summed E-state index contributed by atoms with van der Waals surface area (Å²) in [6.07, 6.45) is 5.13. The van der Waals surface area contributed by atoms with Gasteiger partial charge in [-0.2, -0.15) is 0 Å². The van der Waals surface area contributed by atoms with Crippen LogP contribution in [0.25, 0.3) is 0 Å². The smallest absolute Gasteiger partial charge is 0.234 e. The fourth-order valence-corrected chi connectivity index (χ4v) is 3.31. The van der Waals surface area contributed by atoms with E-state index in [0.717, 1.165) is 26.2 Å². The molecule has 20 heavy (non-hydrogen) atoms. The zero-order chi connectivity index (χ0) is 14.5. The van der Waals surface area contributed by atoms with Gasteiger partial charge in [0.05, 0.1) is 6.54 Å². The van der Waals surface area contributed by atoms with Crippen molar-refractivity contribution in [1.29, 1.82) is 0 Å². The molecule has 1 saturated heterocycles. The minimum atomic E-state index is 0.168. The normalized spacial score (nSPS) is 26.3. The standard InChI is InChI=1S/C15H30N4O/c1-17-8-9-18(2)14(11-17)10-16-15(20)12-19(3)13-6-4-5-7-13/h13-14H,4-12H2,1-3H3,(H,16,20). The van der Waals surface area contributed by atoms with Crippen LogP contribution < -0.4 is 5.32 Å². The number of carbonyl (C=O) groups is 1. The highest BCUT2D eigenvalue weighted by atomic mass is 16.2. The van der Waals surface area contributed by atoms with Gasteiger partial charge in [0.15, 0.2) is 0 Å². The molecule has 1 amide bonds. The SMILES string of the molecule is CN1CCN(C)C(CNC(=O)CN(C)C2CCCC2)C1. The lowest BCUT2D eigenvalue weighted by Gasteiger charge is -2.37. The van der Waals surface area contributed by atoms with Crippen LogP contribution in [0.2, 0.25) is 0 Å². The number of carbonyl (C=O) groups excluding carboxylic acids is 1. The van der Waals surface area contributed by atoms with E-state index in [9.17, 15) is 4.79 Å². The first kappa shape index (κ1) is 15.7. The minimum Gasteiger partial charge on any atom is -0.353 e. The van der Waals surface area contributed by atoms with Crippen molar-refractivity contribution in [3.05, 3.63) is 0 Å². The molecule has 1 atom stereocenters. The van der Waals surface area contributed by atoms with Gasteiger partial charge in [0.1, 0.15) is 0 Å². The average molecular weight is 282 g/mol. The number of likely N-dealkylation sites (N-methyl/N-ethyl adjacent to an activating group) is 3. The van der Waals surface area contributed by atoms with Gasteiger partial charge >= 0.3 is 0 Å². The van der Waals surface area contributed by atoms with E-state index in [1.165, 1.54) is 25.7 Å². The molecule has 1 N–H and O–H groups in total. The second-order valence-electron chi connectivity index (χ2n) is 6.55. The summed E-state index contributed by atoms with van der Waals surface area (Å²) in [6.45, 7) is 4.54. The van der Waals surface area contributed by atoms with Crippen LogP contribution in [-0.4, -0.2) is 86.6 Å². The highest BCUT2D eigenvalue weighted by Crippen LogP contribution is 2.21. The van der Waals surface area contributed by atoms with E-state index in [2.05, 4.69) is 41.2 Å². The van der Waals surface area contributed by atoms with Crippen LogP contribution in [0.3, 0.4) is 0 Å². The van der Waals surface area contributed by atoms with Crippen LogP contribution in [0, 0.1) is 0 Å². The van der Waals surface area contributed by atoms with E-state index in [1.54, 1.807) is 0 Å². The summed E-state index contributed by atoms with van der Waals surface area (Å²) >= 11 is 0. The molecule has 1 unspecified atom stereocenters. The maximum absolute atomic E-state index is 12.1. The Balaban J connectivity index is 1.68. The largest absolute Gasteiger partial charge is 0.353 e. The van der Waals surface area contributed by atoms with Gasteiger partial charge < -0.3 is 10.2 Å². The van der Waals surface area contributed by atoms with Crippen molar-refractivity contribution < 1.29 is 4.79 Å². The molecule has 0 spiro atoms. The summed E-state index contributed by atoms with van der Waals surface area (Å²) in [6, 6.07) is 1.05. The lowest BCUT2D eigenvalue weighted by atomic mass is 10.2. The quantitative estimate of drug-likeness (QED) is 0.783. The molecule has 0 aromatic carbocycles. The molecule has 0 radical (unpaired) electrons. The second-order valence-corrected chi connectivity index (χ2v) is 6.55. The maximum atomic E-state index is 12.1. The van der Waals surface area contributed by atoms with Gasteiger partial charge in [-0.25, -0.2) is 0 Å². The first-order valence-electron chi connectivity index (χ1n) is 7.92. The molecule has 0 aromatic heterocycles. The molecule has 5 heteroatoms. The van der Waals surface area contributed by atoms with Gasteiger partial charge in [-0.1, -0.05) is 12.8 Å². The first-order chi connectivity index (χ1) is 9.56. The van der Waals surface area contributed by atoms with Crippen LogP contribution >= 0.6 is 0 Å². The summed E-state index contributed by atoms with van der Waals surface area (Å²) in [5.74, 6) is 0.168. The number of amides is 1. The predicted octanol–water partition coefficient (Wildman–Crippen LogP) is 0.223. The molecule has 2 fully saturated rings. The van der Waals surface area contributed by atoms with Crippen molar-refractivity contribution in [2.75, 3.05) is 53.9 Å². The van der Waals surface area contributed by atoms with Crippen LogP contribution in [-0.2, 0) is 4.79 Å². The first-order valence-corrected chi connectivity index (χ1v) is 7.92. The van der Waals surface area contributed by atoms with Gasteiger partial charge in [0.2, 0.25) is 5.91 Å². The fraction of sp³-hybridized carbons (Fsp3) is 0.933. The van der Waals surface area contributed by atoms with E-state index < -0.39 is 0 Å². The Morgan fingerprint density at radius 2 is 1.95 bits per heavy atom. The van der Waals surface area contributed by atoms with Crippen LogP contribution in [0.5, 0.6) is 0 Å². The summed E-state index contributed by atoms with van der Waals surface area (Å²) < 4.78 is 0. The monoisotopic (exact) mass is 282 g/mol. The minimum absolute atomic E-state index is 0.168. The van der Waals surface area contributed by atoms with Gasteiger partial charge in [0.25, 0.3) is 0 Å². The molecular weight excluding hydrogens is 252 g/mol. The Morgan fingerprint density at radius 3 is 2.65 bits per heavy atom. The Morgan fingerprint density at radius 1 is 1.25 bits per heavy atom. The molecule has 1 aliphatic heterocycles. The Labute approximate surface area is 123 Å². The number of hydrogen-bond acceptors (Lipinski definition) is 4. The summed E-state index contributed by atoms with van der Waals surface area (Å²) in [5, 5.41) is 3.11. The van der Waals surface area contributed by atoms with Crippen molar-refractivity contribution in [2.45, 2.75) is 37.8 Å². The fourth-order valence-electron chi connectivity index (χ4n) is 3.31. The maximum Gasteiger partial charge on any atom is 0.234 e. The molecule has 116 valence electrons. The predicted molar refractivity (Wildman–Crippen MR) is 81.8 cm³/mol. The molecule has 1 aliphatic carbocycles. The van der Waals surface area contributed by atoms with Gasteiger partial charge in [0, 0.05) is 38.3 Å². The Kier molecular flexibility index (Phi) is 5.81. The number of nitrogens with zero attached hydrogens (tertiary/aromatic N) is 3. The summed E-state index contributed by atoms with van der Waals surface area (Å²) in [5.41, 5.74) is 0. The van der Waals surface area contributed by atoms with Gasteiger partial charge in [-0.3, -0.25) is 14.6 Å². The molecular formula is C15H30N4O. The summed E-state index contributed by atoms with van der Waals surface area (Å²) in [7, 11) is 6.38. The van der Waals surface area contributed by atoms with Crippen molar-refractivity contribution in [3.8, 4) is 0 Å². The van der Waals surface area contributed by atoms with Crippen LogP contribution in [0.4, 0.5) is 0 Å². The highest BCUT2D eigenvalue weighted by Gasteiger charge is 2.24. The average Bonchev–Trinajstić information content (AvgIpc) is 2.94. The molecule has 5 nitrogen and oxygen atoms in total. The third-order valence-electron chi connectivity index (χ3n) is 4.86. The third-order valence-corrected chi connectivity index (χ3v) is 4.86. The second kappa shape index (κ2) is 7.38. The van der Waals surface area contributed by atoms with E-state index in [1.807, 2.05) is 0 Å². The van der Waals surface area contributed by atoms with E-state index in [4.69, 9.17) is 0 Å². The van der Waals surface area contributed by atoms with Crippen molar-refractivity contribution in [3.63, 3.8) is 0 Å². The number of piperazine rings is 1. The Hall–Kier alpha value is -0.650. The topological polar surface area (TPSA) is 38.8 Å². The van der Waals surface area contributed by atoms with Crippen molar-refractivity contribution in [2.24, 2.45) is 0 Å². The lowest BCUT2D eigenvalue weighted by molar-refractivity contribution is -0.122. The van der Waals surface area contributed by atoms with Crippen molar-refractivity contribution in [1.82, 2.24) is 20.0 Å². The van der Waals surface area contributed by atoms with Crippen molar-refractivity contribution >= 4 is 5.91 Å². The molecule has 2 rings (SSSR count). The van der Waals surface area contributed by atoms with E-state index in [-0.39, 0.29) is 5.91 Å². The zero-order valence-electron chi connectivity index (χ0n) is 13.3. The van der Waals surface area contributed by atoms with E-state index >= 15 is 0 Å². The molecule has 0 bridgehead atoms. The number of rotatable bonds is 5. The van der Waals surface area contributed by atoms with Gasteiger partial charge in [-0.05, 0) is 34.0 Å². The van der Waals surface area contributed by atoms with Crippen LogP contribution in [0.1, 0.15) is 25.7 Å². The molecule has 1 saturated carbocycles. The number of hydrogen-bond donors (Lipinski definition) is 1. The number of nitrogens with one attached hydrogen (secondary N) is 1. The molecule has 2 aliphatic rings. The molecule has 0 aromatic rings. The van der Waals surface area contributed by atoms with Crippen LogP contribution in [0.15, 0.2) is 0 Å². The summed E-state index contributed by atoms with van der Waals surface area (Å²) in [4.78, 5) is 19.0. The zero-order valence-corrected chi connectivity index (χ0v) is 13.3. The molecule has 1 heterocycles. The van der Waals surface area contributed by atoms with E-state index in [0.29, 0.717) is 18.6 Å². The third kappa shape index (κ3) is 4.43. The highest BCUT2D eigenvalue weighted by molar-refractivity contribution is 5.78. The van der Waals surface area contributed by atoms with Gasteiger partial charge in [-0.15, -0.1) is 0 Å². The lowest BCUT2D eigenvalue weighted by Crippen LogP contribution is -2.55. The Bertz CT molecular complexity index is 317.